The molecule has 32 heavy (non-hydrogen) atoms. The van der Waals surface area contributed by atoms with E-state index in [1.807, 2.05) is 53.4 Å². The Morgan fingerprint density at radius 3 is 2.50 bits per heavy atom. The van der Waals surface area contributed by atoms with Gasteiger partial charge in [0.05, 0.1) is 0 Å². The van der Waals surface area contributed by atoms with E-state index < -0.39 is 0 Å². The predicted molar refractivity (Wildman–Crippen MR) is 129 cm³/mol. The summed E-state index contributed by atoms with van der Waals surface area (Å²) in [6, 6.07) is 15.5. The highest BCUT2D eigenvalue weighted by Gasteiger charge is 2.26. The second-order valence-electron chi connectivity index (χ2n) is 7.93. The van der Waals surface area contributed by atoms with Crippen molar-refractivity contribution in [3.63, 3.8) is 0 Å². The van der Waals surface area contributed by atoms with Crippen LogP contribution in [0.3, 0.4) is 0 Å². The number of hydrogen-bond donors (Lipinski definition) is 0. The zero-order valence-electron chi connectivity index (χ0n) is 18.2. The van der Waals surface area contributed by atoms with Crippen molar-refractivity contribution < 1.29 is 14.3 Å². The van der Waals surface area contributed by atoms with Gasteiger partial charge < -0.3 is 14.5 Å². The van der Waals surface area contributed by atoms with E-state index in [-0.39, 0.29) is 24.2 Å². The summed E-state index contributed by atoms with van der Waals surface area (Å²) in [5.74, 6) is 1.06. The summed E-state index contributed by atoms with van der Waals surface area (Å²) in [5, 5.41) is 0. The monoisotopic (exact) mass is 455 g/mol. The molecule has 170 valence electrons. The van der Waals surface area contributed by atoms with Gasteiger partial charge in [0.1, 0.15) is 12.4 Å². The normalized spacial score (nSPS) is 16.2. The Balaban J connectivity index is 0.00000289. The topological polar surface area (TPSA) is 53.1 Å². The van der Waals surface area contributed by atoms with Crippen LogP contribution in [-0.4, -0.2) is 67.5 Å². The standard InChI is InChI=1S/C25H29N3O3.ClH/c1-2-12-28-23-10-8-21(19-20(23)9-11-24(28)29)25(30)27-15-13-26(14-16-27)17-18-31-22-6-4-3-5-7-22;/h2-8,10,19H,1,9,11-18H2;1H. The van der Waals surface area contributed by atoms with E-state index in [1.54, 1.807) is 11.0 Å². The summed E-state index contributed by atoms with van der Waals surface area (Å²) in [6.07, 6.45) is 2.89. The Morgan fingerprint density at radius 2 is 1.78 bits per heavy atom. The molecule has 0 unspecified atom stereocenters. The molecule has 0 aromatic heterocycles. The number of carbonyl (C=O) groups excluding carboxylic acids is 2. The minimum absolute atomic E-state index is 0. The molecule has 0 saturated carbocycles. The van der Waals surface area contributed by atoms with Crippen molar-refractivity contribution in [1.29, 1.82) is 0 Å². The van der Waals surface area contributed by atoms with Crippen LogP contribution in [0.1, 0.15) is 22.3 Å². The number of piperazine rings is 1. The fourth-order valence-electron chi connectivity index (χ4n) is 4.19. The maximum absolute atomic E-state index is 13.0. The van der Waals surface area contributed by atoms with Crippen LogP contribution in [0.5, 0.6) is 5.75 Å². The fraction of sp³-hybridized carbons (Fsp3) is 0.360. The van der Waals surface area contributed by atoms with Gasteiger partial charge in [-0.3, -0.25) is 14.5 Å². The highest BCUT2D eigenvalue weighted by molar-refractivity contribution is 5.99. The van der Waals surface area contributed by atoms with Gasteiger partial charge in [0.2, 0.25) is 5.91 Å². The number of ether oxygens (including phenoxy) is 1. The fourth-order valence-corrected chi connectivity index (χ4v) is 4.19. The van der Waals surface area contributed by atoms with Gasteiger partial charge in [-0.25, -0.2) is 0 Å². The van der Waals surface area contributed by atoms with Crippen molar-refractivity contribution in [3.05, 3.63) is 72.3 Å². The Kier molecular flexibility index (Phi) is 8.31. The largest absolute Gasteiger partial charge is 0.492 e. The summed E-state index contributed by atoms with van der Waals surface area (Å²) in [6.45, 7) is 8.84. The third kappa shape index (κ3) is 5.50. The molecule has 0 N–H and O–H groups in total. The van der Waals surface area contributed by atoms with Crippen molar-refractivity contribution in [2.45, 2.75) is 12.8 Å². The van der Waals surface area contributed by atoms with E-state index in [2.05, 4.69) is 11.5 Å². The average Bonchev–Trinajstić information content (AvgIpc) is 2.81. The first-order valence-corrected chi connectivity index (χ1v) is 10.9. The molecule has 0 radical (unpaired) electrons. The minimum atomic E-state index is 0. The molecule has 1 saturated heterocycles. The van der Waals surface area contributed by atoms with Crippen LogP contribution in [0.2, 0.25) is 0 Å². The highest BCUT2D eigenvalue weighted by atomic mass is 35.5. The Morgan fingerprint density at radius 1 is 1.03 bits per heavy atom. The number of para-hydroxylation sites is 1. The van der Waals surface area contributed by atoms with E-state index in [1.165, 1.54) is 0 Å². The van der Waals surface area contributed by atoms with E-state index >= 15 is 0 Å². The molecule has 7 heteroatoms. The van der Waals surface area contributed by atoms with Gasteiger partial charge >= 0.3 is 0 Å². The molecule has 1 fully saturated rings. The number of halogens is 1. The molecular formula is C25H30ClN3O3. The van der Waals surface area contributed by atoms with Crippen LogP contribution in [0.4, 0.5) is 5.69 Å². The van der Waals surface area contributed by atoms with Crippen molar-refractivity contribution in [1.82, 2.24) is 9.80 Å². The molecule has 2 aromatic rings. The zero-order valence-corrected chi connectivity index (χ0v) is 19.1. The van der Waals surface area contributed by atoms with Gasteiger partial charge in [-0.1, -0.05) is 24.3 Å². The first-order chi connectivity index (χ1) is 15.2. The van der Waals surface area contributed by atoms with Gasteiger partial charge in [0.15, 0.2) is 0 Å². The molecule has 4 rings (SSSR count). The van der Waals surface area contributed by atoms with Crippen LogP contribution < -0.4 is 9.64 Å². The quantitative estimate of drug-likeness (QED) is 0.600. The highest BCUT2D eigenvalue weighted by Crippen LogP contribution is 2.29. The Hall–Kier alpha value is -2.83. The maximum atomic E-state index is 13.0. The van der Waals surface area contributed by atoms with Crippen LogP contribution in [-0.2, 0) is 11.2 Å². The molecule has 0 bridgehead atoms. The molecule has 2 aliphatic heterocycles. The minimum Gasteiger partial charge on any atom is -0.492 e. The zero-order chi connectivity index (χ0) is 21.6. The van der Waals surface area contributed by atoms with Crippen molar-refractivity contribution >= 4 is 29.9 Å². The second kappa shape index (κ2) is 11.2. The second-order valence-corrected chi connectivity index (χ2v) is 7.93. The predicted octanol–water partition coefficient (Wildman–Crippen LogP) is 3.41. The number of nitrogens with zero attached hydrogens (tertiary/aromatic N) is 3. The van der Waals surface area contributed by atoms with Gasteiger partial charge in [-0.2, -0.15) is 0 Å². The summed E-state index contributed by atoms with van der Waals surface area (Å²) >= 11 is 0. The summed E-state index contributed by atoms with van der Waals surface area (Å²) < 4.78 is 5.78. The molecular weight excluding hydrogens is 426 g/mol. The smallest absolute Gasteiger partial charge is 0.253 e. The third-order valence-corrected chi connectivity index (χ3v) is 5.92. The van der Waals surface area contributed by atoms with Crippen LogP contribution in [0.25, 0.3) is 0 Å². The summed E-state index contributed by atoms with van der Waals surface area (Å²) in [4.78, 5) is 31.2. The van der Waals surface area contributed by atoms with E-state index in [0.717, 1.165) is 36.6 Å². The van der Waals surface area contributed by atoms with E-state index in [4.69, 9.17) is 4.74 Å². The average molecular weight is 456 g/mol. The lowest BCUT2D eigenvalue weighted by Gasteiger charge is -2.35. The van der Waals surface area contributed by atoms with Gasteiger partial charge in [-0.05, 0) is 42.3 Å². The first kappa shape index (κ1) is 23.8. The molecule has 2 aliphatic rings. The molecule has 0 spiro atoms. The number of rotatable bonds is 7. The number of hydrogen-bond acceptors (Lipinski definition) is 4. The lowest BCUT2D eigenvalue weighted by Crippen LogP contribution is -2.49. The first-order valence-electron chi connectivity index (χ1n) is 10.9. The van der Waals surface area contributed by atoms with Gasteiger partial charge in [0.25, 0.3) is 5.91 Å². The number of aryl methyl sites for hydroxylation is 1. The maximum Gasteiger partial charge on any atom is 0.253 e. The van der Waals surface area contributed by atoms with Crippen LogP contribution >= 0.6 is 12.4 Å². The van der Waals surface area contributed by atoms with Crippen molar-refractivity contribution in [2.24, 2.45) is 0 Å². The lowest BCUT2D eigenvalue weighted by atomic mass is 9.98. The Bertz CT molecular complexity index is 943. The SMILES string of the molecule is C=CCN1C(=O)CCc2cc(C(=O)N3CCN(CCOc4ccccc4)CC3)ccc21.Cl. The molecule has 0 aliphatic carbocycles. The van der Waals surface area contributed by atoms with Crippen LogP contribution in [0, 0.1) is 0 Å². The molecule has 2 aromatic carbocycles. The number of amides is 2. The number of carbonyl (C=O) groups is 2. The van der Waals surface area contributed by atoms with Crippen molar-refractivity contribution in [3.8, 4) is 5.75 Å². The van der Waals surface area contributed by atoms with Crippen LogP contribution in [0.15, 0.2) is 61.2 Å². The molecule has 6 nitrogen and oxygen atoms in total. The third-order valence-electron chi connectivity index (χ3n) is 5.92. The van der Waals surface area contributed by atoms with Crippen molar-refractivity contribution in [2.75, 3.05) is 50.8 Å². The van der Waals surface area contributed by atoms with Gasteiger partial charge in [0, 0.05) is 56.9 Å². The molecule has 2 amide bonds. The number of fused-ring (bicyclic) bond motifs is 1. The molecule has 0 atom stereocenters. The number of benzene rings is 2. The summed E-state index contributed by atoms with van der Waals surface area (Å²) in [5.41, 5.74) is 2.66. The molecule has 2 heterocycles. The Labute approximate surface area is 195 Å². The van der Waals surface area contributed by atoms with E-state index in [9.17, 15) is 9.59 Å². The van der Waals surface area contributed by atoms with E-state index in [0.29, 0.717) is 44.6 Å². The van der Waals surface area contributed by atoms with Gasteiger partial charge in [-0.15, -0.1) is 19.0 Å². The summed E-state index contributed by atoms with van der Waals surface area (Å²) in [7, 11) is 0. The lowest BCUT2D eigenvalue weighted by molar-refractivity contribution is -0.118. The number of anilines is 1.